The topological polar surface area (TPSA) is 46.9 Å². The number of nitrogens with one attached hydrogen (secondary N) is 1. The van der Waals surface area contributed by atoms with Crippen LogP contribution in [0, 0.1) is 17.8 Å². The van der Waals surface area contributed by atoms with E-state index in [0.29, 0.717) is 5.92 Å². The van der Waals surface area contributed by atoms with Gasteiger partial charge >= 0.3 is 6.03 Å². The standard InChI is InChI=1S/C13H19N3O/c1-9(12-7-10-2-3-11(12)6-10)15-13(17)16-5-4-14-8-16/h4-5,8-12H,2-3,6-7H2,1H3,(H,15,17)/t9-,10+,11+,12+/m0/s1. The molecule has 4 heteroatoms. The van der Waals surface area contributed by atoms with Gasteiger partial charge in [-0.15, -0.1) is 0 Å². The summed E-state index contributed by atoms with van der Waals surface area (Å²) in [5.74, 6) is 2.46. The van der Waals surface area contributed by atoms with Gasteiger partial charge in [0.1, 0.15) is 6.33 Å². The van der Waals surface area contributed by atoms with Crippen molar-refractivity contribution in [3.05, 3.63) is 18.7 Å². The van der Waals surface area contributed by atoms with Gasteiger partial charge in [0.15, 0.2) is 0 Å². The molecule has 0 saturated heterocycles. The minimum atomic E-state index is -0.0576. The minimum absolute atomic E-state index is 0.0576. The van der Waals surface area contributed by atoms with E-state index in [-0.39, 0.29) is 12.1 Å². The number of imidazole rings is 1. The van der Waals surface area contributed by atoms with E-state index < -0.39 is 0 Å². The Bertz CT molecular complexity index is 401. The molecule has 4 atom stereocenters. The Morgan fingerprint density at radius 1 is 1.47 bits per heavy atom. The molecule has 0 aromatic carbocycles. The van der Waals surface area contributed by atoms with Gasteiger partial charge < -0.3 is 5.32 Å². The van der Waals surface area contributed by atoms with Crippen molar-refractivity contribution in [2.75, 3.05) is 0 Å². The van der Waals surface area contributed by atoms with Crippen LogP contribution in [0.1, 0.15) is 32.6 Å². The fraction of sp³-hybridized carbons (Fsp3) is 0.692. The molecule has 0 spiro atoms. The number of hydrogen-bond donors (Lipinski definition) is 1. The van der Waals surface area contributed by atoms with E-state index in [4.69, 9.17) is 0 Å². The maximum absolute atomic E-state index is 11.9. The van der Waals surface area contributed by atoms with Crippen molar-refractivity contribution in [2.24, 2.45) is 17.8 Å². The molecule has 1 heterocycles. The van der Waals surface area contributed by atoms with Crippen LogP contribution in [-0.2, 0) is 0 Å². The zero-order valence-electron chi connectivity index (χ0n) is 10.2. The van der Waals surface area contributed by atoms with Crippen LogP contribution in [0.5, 0.6) is 0 Å². The van der Waals surface area contributed by atoms with Gasteiger partial charge in [-0.2, -0.15) is 0 Å². The summed E-state index contributed by atoms with van der Waals surface area (Å²) in [6.45, 7) is 2.14. The van der Waals surface area contributed by atoms with Crippen LogP contribution in [0.3, 0.4) is 0 Å². The fourth-order valence-corrected chi connectivity index (χ4v) is 3.66. The van der Waals surface area contributed by atoms with Crippen LogP contribution in [0.15, 0.2) is 18.7 Å². The molecule has 2 aliphatic rings. The number of aromatic nitrogens is 2. The summed E-state index contributed by atoms with van der Waals surface area (Å²) in [6, 6.07) is 0.220. The fourth-order valence-electron chi connectivity index (χ4n) is 3.66. The molecule has 92 valence electrons. The van der Waals surface area contributed by atoms with Crippen LogP contribution in [0.2, 0.25) is 0 Å². The monoisotopic (exact) mass is 233 g/mol. The lowest BCUT2D eigenvalue weighted by molar-refractivity contribution is 0.221. The molecule has 0 unspecified atom stereocenters. The van der Waals surface area contributed by atoms with Crippen LogP contribution >= 0.6 is 0 Å². The predicted molar refractivity (Wildman–Crippen MR) is 64.6 cm³/mol. The van der Waals surface area contributed by atoms with Crippen molar-refractivity contribution in [2.45, 2.75) is 38.6 Å². The van der Waals surface area contributed by atoms with Crippen molar-refractivity contribution in [1.82, 2.24) is 14.9 Å². The average Bonchev–Trinajstić information content (AvgIpc) is 3.05. The van der Waals surface area contributed by atoms with E-state index in [0.717, 1.165) is 11.8 Å². The number of amides is 1. The molecule has 1 aromatic heterocycles. The Morgan fingerprint density at radius 3 is 2.94 bits per heavy atom. The Hall–Kier alpha value is -1.32. The SMILES string of the molecule is C[C@H](NC(=O)n1ccnc1)[C@H]1C[C@@H]2CC[C@@H]1C2. The molecule has 1 N–H and O–H groups in total. The van der Waals surface area contributed by atoms with E-state index in [1.807, 2.05) is 0 Å². The lowest BCUT2D eigenvalue weighted by Gasteiger charge is -2.28. The number of carbonyl (C=O) groups is 1. The lowest BCUT2D eigenvalue weighted by Crippen LogP contribution is -2.41. The summed E-state index contributed by atoms with van der Waals surface area (Å²) >= 11 is 0. The maximum atomic E-state index is 11.9. The number of fused-ring (bicyclic) bond motifs is 2. The van der Waals surface area contributed by atoms with Crippen LogP contribution in [0.25, 0.3) is 0 Å². The van der Waals surface area contributed by atoms with Crippen LogP contribution in [-0.4, -0.2) is 21.6 Å². The van der Waals surface area contributed by atoms with Gasteiger partial charge in [-0.1, -0.05) is 6.42 Å². The molecule has 2 bridgehead atoms. The molecule has 2 fully saturated rings. The van der Waals surface area contributed by atoms with Crippen LogP contribution in [0.4, 0.5) is 4.79 Å². The van der Waals surface area contributed by atoms with Crippen molar-refractivity contribution < 1.29 is 4.79 Å². The zero-order chi connectivity index (χ0) is 11.8. The zero-order valence-corrected chi connectivity index (χ0v) is 10.2. The normalized spacial score (nSPS) is 32.6. The molecule has 17 heavy (non-hydrogen) atoms. The molecule has 2 saturated carbocycles. The first-order valence-electron chi connectivity index (χ1n) is 6.53. The number of rotatable bonds is 2. The highest BCUT2D eigenvalue weighted by atomic mass is 16.2. The first-order valence-corrected chi connectivity index (χ1v) is 6.53. The van der Waals surface area contributed by atoms with Gasteiger partial charge in [0.2, 0.25) is 0 Å². The third-order valence-corrected chi connectivity index (χ3v) is 4.53. The summed E-state index contributed by atoms with van der Waals surface area (Å²) in [6.07, 6.45) is 10.3. The Labute approximate surface area is 101 Å². The Kier molecular flexibility index (Phi) is 2.65. The first-order chi connectivity index (χ1) is 8.24. The molecule has 3 rings (SSSR count). The minimum Gasteiger partial charge on any atom is -0.335 e. The van der Waals surface area contributed by atoms with E-state index in [1.54, 1.807) is 18.7 Å². The Balaban J connectivity index is 1.60. The van der Waals surface area contributed by atoms with E-state index in [9.17, 15) is 4.79 Å². The summed E-state index contributed by atoms with van der Waals surface area (Å²) in [7, 11) is 0. The van der Waals surface area contributed by atoms with E-state index in [2.05, 4.69) is 17.2 Å². The molecule has 4 nitrogen and oxygen atoms in total. The average molecular weight is 233 g/mol. The molecule has 0 aliphatic heterocycles. The van der Waals surface area contributed by atoms with Crippen molar-refractivity contribution in [3.63, 3.8) is 0 Å². The van der Waals surface area contributed by atoms with Crippen molar-refractivity contribution in [3.8, 4) is 0 Å². The quantitative estimate of drug-likeness (QED) is 0.851. The second kappa shape index (κ2) is 4.17. The summed E-state index contributed by atoms with van der Waals surface area (Å²) in [4.78, 5) is 15.8. The van der Waals surface area contributed by atoms with Gasteiger partial charge in [0.25, 0.3) is 0 Å². The summed E-state index contributed by atoms with van der Waals surface area (Å²) in [5.41, 5.74) is 0. The molecule has 1 aromatic rings. The maximum Gasteiger partial charge on any atom is 0.327 e. The molecule has 0 radical (unpaired) electrons. The second-order valence-corrected chi connectivity index (χ2v) is 5.55. The van der Waals surface area contributed by atoms with Gasteiger partial charge in [-0.05, 0) is 43.9 Å². The third kappa shape index (κ3) is 1.96. The molecular formula is C13H19N3O. The highest BCUT2D eigenvalue weighted by Gasteiger charge is 2.42. The van der Waals surface area contributed by atoms with E-state index >= 15 is 0 Å². The highest BCUT2D eigenvalue weighted by Crippen LogP contribution is 2.49. The lowest BCUT2D eigenvalue weighted by atomic mass is 9.84. The predicted octanol–water partition coefficient (Wildman–Crippen LogP) is 2.27. The van der Waals surface area contributed by atoms with Crippen molar-refractivity contribution in [1.29, 1.82) is 0 Å². The third-order valence-electron chi connectivity index (χ3n) is 4.53. The van der Waals surface area contributed by atoms with Gasteiger partial charge in [0.05, 0.1) is 0 Å². The van der Waals surface area contributed by atoms with Crippen molar-refractivity contribution >= 4 is 6.03 Å². The number of hydrogen-bond acceptors (Lipinski definition) is 2. The van der Waals surface area contributed by atoms with Gasteiger partial charge in [-0.25, -0.2) is 9.78 Å². The molecule has 1 amide bonds. The summed E-state index contributed by atoms with van der Waals surface area (Å²) in [5, 5.41) is 3.09. The molecular weight excluding hydrogens is 214 g/mol. The van der Waals surface area contributed by atoms with Gasteiger partial charge in [-0.3, -0.25) is 4.57 Å². The number of carbonyl (C=O) groups excluding carboxylic acids is 1. The number of nitrogens with zero attached hydrogens (tertiary/aromatic N) is 2. The second-order valence-electron chi connectivity index (χ2n) is 5.55. The van der Waals surface area contributed by atoms with Crippen LogP contribution < -0.4 is 5.32 Å². The smallest absolute Gasteiger partial charge is 0.327 e. The summed E-state index contributed by atoms with van der Waals surface area (Å²) < 4.78 is 1.50. The largest absolute Gasteiger partial charge is 0.335 e. The Morgan fingerprint density at radius 2 is 2.35 bits per heavy atom. The van der Waals surface area contributed by atoms with Gasteiger partial charge in [0, 0.05) is 18.4 Å². The highest BCUT2D eigenvalue weighted by molar-refractivity contribution is 5.76. The van der Waals surface area contributed by atoms with E-state index in [1.165, 1.54) is 30.3 Å². The molecule has 2 aliphatic carbocycles. The first kappa shape index (κ1) is 10.8.